The zero-order valence-corrected chi connectivity index (χ0v) is 13.2. The molecule has 0 radical (unpaired) electrons. The lowest BCUT2D eigenvalue weighted by Crippen LogP contribution is -2.14. The molecule has 0 atom stereocenters. The van der Waals surface area contributed by atoms with Gasteiger partial charge in [-0.05, 0) is 30.4 Å². The van der Waals surface area contributed by atoms with Crippen LogP contribution in [-0.4, -0.2) is 16.4 Å². The summed E-state index contributed by atoms with van der Waals surface area (Å²) < 4.78 is 0.247. The smallest absolute Gasteiger partial charge is 0.224 e. The maximum Gasteiger partial charge on any atom is 0.224 e. The Kier molecular flexibility index (Phi) is 6.01. The first kappa shape index (κ1) is 16.2. The molecule has 1 aromatic carbocycles. The molecule has 19 heavy (non-hydrogen) atoms. The van der Waals surface area contributed by atoms with Gasteiger partial charge in [-0.25, -0.2) is 0 Å². The Morgan fingerprint density at radius 3 is 2.68 bits per heavy atom. The molecule has 0 aliphatic rings. The van der Waals surface area contributed by atoms with Crippen LogP contribution in [0.5, 0.6) is 0 Å². The van der Waals surface area contributed by atoms with Crippen LogP contribution in [0.25, 0.3) is 0 Å². The van der Waals surface area contributed by atoms with Crippen molar-refractivity contribution in [3.8, 4) is 0 Å². The van der Waals surface area contributed by atoms with Gasteiger partial charge < -0.3 is 11.1 Å². The van der Waals surface area contributed by atoms with Crippen LogP contribution < -0.4 is 11.1 Å². The highest BCUT2D eigenvalue weighted by Gasteiger charge is 2.11. The minimum absolute atomic E-state index is 0.0106. The summed E-state index contributed by atoms with van der Waals surface area (Å²) >= 11 is 7.67. The quantitative estimate of drug-likeness (QED) is 0.634. The maximum absolute atomic E-state index is 11.8. The molecular weight excluding hydrogens is 280 g/mol. The summed E-state index contributed by atoms with van der Waals surface area (Å²) in [5.41, 5.74) is 6.89. The van der Waals surface area contributed by atoms with Crippen LogP contribution in [0.15, 0.2) is 18.2 Å². The van der Waals surface area contributed by atoms with E-state index >= 15 is 0 Å². The monoisotopic (exact) mass is 300 g/mol. The Morgan fingerprint density at radius 1 is 1.42 bits per heavy atom. The number of nitrogens with two attached hydrogens (primary N) is 1. The summed E-state index contributed by atoms with van der Waals surface area (Å²) in [6.07, 6.45) is 1.37. The second-order valence-corrected chi connectivity index (χ2v) is 7.70. The number of carbonyl (C=O) groups is 1. The van der Waals surface area contributed by atoms with E-state index in [9.17, 15) is 4.79 Å². The fraction of sp³-hybridized carbons (Fsp3) is 0.500. The summed E-state index contributed by atoms with van der Waals surface area (Å²) in [5.74, 6) is 0.969. The molecule has 3 nitrogen and oxygen atoms in total. The van der Waals surface area contributed by atoms with Crippen molar-refractivity contribution in [1.29, 1.82) is 0 Å². The van der Waals surface area contributed by atoms with Crippen LogP contribution in [-0.2, 0) is 4.79 Å². The van der Waals surface area contributed by atoms with Crippen molar-refractivity contribution in [2.75, 3.05) is 16.8 Å². The maximum atomic E-state index is 11.8. The zero-order chi connectivity index (χ0) is 14.5. The average Bonchev–Trinajstić information content (AvgIpc) is 2.27. The predicted octanol–water partition coefficient (Wildman–Crippen LogP) is 4.17. The standard InChI is InChI=1S/C14H21ClN2OS/c1-14(2,3)19-8-4-5-13(18)17-12-7-6-10(15)9-11(12)16/h6-7,9H,4-5,8,16H2,1-3H3,(H,17,18). The molecule has 0 saturated carbocycles. The number of benzene rings is 1. The summed E-state index contributed by atoms with van der Waals surface area (Å²) in [4.78, 5) is 11.8. The van der Waals surface area contributed by atoms with Gasteiger partial charge in [0, 0.05) is 16.2 Å². The van der Waals surface area contributed by atoms with E-state index in [0.717, 1.165) is 12.2 Å². The highest BCUT2D eigenvalue weighted by Crippen LogP contribution is 2.25. The second-order valence-electron chi connectivity index (χ2n) is 5.34. The van der Waals surface area contributed by atoms with E-state index in [1.165, 1.54) is 0 Å². The van der Waals surface area contributed by atoms with Gasteiger partial charge in [0.2, 0.25) is 5.91 Å². The Balaban J connectivity index is 2.35. The van der Waals surface area contributed by atoms with Crippen molar-refractivity contribution in [1.82, 2.24) is 0 Å². The highest BCUT2D eigenvalue weighted by molar-refractivity contribution is 8.00. The van der Waals surface area contributed by atoms with Crippen LogP contribution in [0.4, 0.5) is 11.4 Å². The van der Waals surface area contributed by atoms with Gasteiger partial charge in [0.1, 0.15) is 0 Å². The van der Waals surface area contributed by atoms with Crippen LogP contribution in [0, 0.1) is 0 Å². The van der Waals surface area contributed by atoms with E-state index in [1.54, 1.807) is 18.2 Å². The lowest BCUT2D eigenvalue weighted by Gasteiger charge is -2.17. The van der Waals surface area contributed by atoms with Gasteiger partial charge in [-0.1, -0.05) is 32.4 Å². The summed E-state index contributed by atoms with van der Waals surface area (Å²) in [7, 11) is 0. The van der Waals surface area contributed by atoms with Gasteiger partial charge in [-0.2, -0.15) is 11.8 Å². The molecule has 5 heteroatoms. The molecule has 0 heterocycles. The van der Waals surface area contributed by atoms with E-state index in [0.29, 0.717) is 22.8 Å². The number of rotatable bonds is 5. The third kappa shape index (κ3) is 6.73. The van der Waals surface area contributed by atoms with E-state index in [-0.39, 0.29) is 10.7 Å². The number of carbonyl (C=O) groups excluding carboxylic acids is 1. The van der Waals surface area contributed by atoms with Crippen molar-refractivity contribution >= 4 is 40.6 Å². The minimum Gasteiger partial charge on any atom is -0.397 e. The summed E-state index contributed by atoms with van der Waals surface area (Å²) in [6.45, 7) is 6.52. The molecule has 0 fully saturated rings. The zero-order valence-electron chi connectivity index (χ0n) is 11.6. The second kappa shape index (κ2) is 7.06. The van der Waals surface area contributed by atoms with Gasteiger partial charge in [0.15, 0.2) is 0 Å². The number of nitrogen functional groups attached to an aromatic ring is 1. The lowest BCUT2D eigenvalue weighted by atomic mass is 10.2. The van der Waals surface area contributed by atoms with Crippen molar-refractivity contribution in [3.05, 3.63) is 23.2 Å². The first-order valence-corrected chi connectivity index (χ1v) is 7.63. The molecule has 0 unspecified atom stereocenters. The number of thioether (sulfide) groups is 1. The molecule has 1 rings (SSSR count). The molecule has 0 aromatic heterocycles. The number of hydrogen-bond donors (Lipinski definition) is 2. The molecule has 0 spiro atoms. The fourth-order valence-electron chi connectivity index (χ4n) is 1.47. The van der Waals surface area contributed by atoms with E-state index in [2.05, 4.69) is 26.1 Å². The number of anilines is 2. The van der Waals surface area contributed by atoms with E-state index in [4.69, 9.17) is 17.3 Å². The Bertz CT molecular complexity index is 444. The first-order valence-electron chi connectivity index (χ1n) is 6.27. The minimum atomic E-state index is -0.0106. The van der Waals surface area contributed by atoms with Crippen LogP contribution in [0.2, 0.25) is 5.02 Å². The summed E-state index contributed by atoms with van der Waals surface area (Å²) in [5, 5.41) is 3.37. The normalized spacial score (nSPS) is 11.4. The Morgan fingerprint density at radius 2 is 2.11 bits per heavy atom. The largest absolute Gasteiger partial charge is 0.397 e. The van der Waals surface area contributed by atoms with Crippen molar-refractivity contribution in [2.45, 2.75) is 38.4 Å². The van der Waals surface area contributed by atoms with Crippen molar-refractivity contribution in [3.63, 3.8) is 0 Å². The molecule has 0 aliphatic carbocycles. The van der Waals surface area contributed by atoms with Crippen LogP contribution in [0.1, 0.15) is 33.6 Å². The predicted molar refractivity (Wildman–Crippen MR) is 85.9 cm³/mol. The van der Waals surface area contributed by atoms with Crippen LogP contribution >= 0.6 is 23.4 Å². The van der Waals surface area contributed by atoms with E-state index < -0.39 is 0 Å². The van der Waals surface area contributed by atoms with Gasteiger partial charge in [0.05, 0.1) is 11.4 Å². The molecule has 0 bridgehead atoms. The molecule has 0 aliphatic heterocycles. The lowest BCUT2D eigenvalue weighted by molar-refractivity contribution is -0.116. The Hall–Kier alpha value is -0.870. The average molecular weight is 301 g/mol. The molecule has 1 amide bonds. The SMILES string of the molecule is CC(C)(C)SCCCC(=O)Nc1ccc(Cl)cc1N. The van der Waals surface area contributed by atoms with Crippen molar-refractivity contribution < 1.29 is 4.79 Å². The first-order chi connectivity index (χ1) is 8.78. The summed E-state index contributed by atoms with van der Waals surface area (Å²) in [6, 6.07) is 5.06. The van der Waals surface area contributed by atoms with Gasteiger partial charge in [-0.15, -0.1) is 0 Å². The number of nitrogens with one attached hydrogen (secondary N) is 1. The molecule has 1 aromatic rings. The molecule has 106 valence electrons. The van der Waals surface area contributed by atoms with Gasteiger partial charge >= 0.3 is 0 Å². The van der Waals surface area contributed by atoms with Crippen molar-refractivity contribution in [2.24, 2.45) is 0 Å². The number of hydrogen-bond acceptors (Lipinski definition) is 3. The van der Waals surface area contributed by atoms with Crippen LogP contribution in [0.3, 0.4) is 0 Å². The molecule has 3 N–H and O–H groups in total. The van der Waals surface area contributed by atoms with Gasteiger partial charge in [-0.3, -0.25) is 4.79 Å². The third-order valence-electron chi connectivity index (χ3n) is 2.37. The van der Waals surface area contributed by atoms with Gasteiger partial charge in [0.25, 0.3) is 0 Å². The number of halogens is 1. The Labute approximate surface area is 124 Å². The van der Waals surface area contributed by atoms with E-state index in [1.807, 2.05) is 11.8 Å². The fourth-order valence-corrected chi connectivity index (χ4v) is 2.55. The topological polar surface area (TPSA) is 55.1 Å². The highest BCUT2D eigenvalue weighted by atomic mass is 35.5. The molecular formula is C14H21ClN2OS. The third-order valence-corrected chi connectivity index (χ3v) is 3.96. The number of amides is 1. The molecule has 0 saturated heterocycles.